The summed E-state index contributed by atoms with van der Waals surface area (Å²) in [6, 6.07) is 2.22. The van der Waals surface area contributed by atoms with Crippen molar-refractivity contribution in [1.82, 2.24) is 25.2 Å². The Kier molecular flexibility index (Phi) is 10.9. The van der Waals surface area contributed by atoms with E-state index in [-0.39, 0.29) is 58.2 Å². The molecule has 6 rings (SSSR count). The lowest BCUT2D eigenvalue weighted by Gasteiger charge is -2.30. The number of carboxylic acid groups (broad SMARTS) is 1. The molecule has 5 aliphatic rings. The number of ether oxygens (including phenoxy) is 1. The molecule has 15 nitrogen and oxygen atoms in total. The van der Waals surface area contributed by atoms with Crippen LogP contribution in [0.3, 0.4) is 0 Å². The lowest BCUT2D eigenvalue weighted by atomic mass is 10.0. The number of nitrogens with one attached hydrogen (secondary N) is 3. The second-order valence-electron chi connectivity index (χ2n) is 14.4. The van der Waals surface area contributed by atoms with Gasteiger partial charge in [-0.3, -0.25) is 33.6 Å². The number of carbonyl (C=O) groups excluding carboxylic acids is 5. The van der Waals surface area contributed by atoms with Crippen molar-refractivity contribution in [3.05, 3.63) is 47.3 Å². The van der Waals surface area contributed by atoms with Crippen LogP contribution in [-0.2, 0) is 51.8 Å². The molecule has 17 heteroatoms. The van der Waals surface area contributed by atoms with Crippen LogP contribution in [-0.4, -0.2) is 94.5 Å². The zero-order chi connectivity index (χ0) is 37.2. The fourth-order valence-electron chi connectivity index (χ4n) is 7.24. The van der Waals surface area contributed by atoms with Gasteiger partial charge in [0.05, 0.1) is 18.3 Å². The highest BCUT2D eigenvalue weighted by Gasteiger charge is 2.62. The number of hydrogen-bond acceptors (Lipinski definition) is 9. The first kappa shape index (κ1) is 37.2. The number of rotatable bonds is 9. The maximum Gasteiger partial charge on any atom is 0.410 e. The topological polar surface area (TPSA) is 209 Å². The fourth-order valence-corrected chi connectivity index (χ4v) is 8.61. The molecule has 3 fully saturated rings. The van der Waals surface area contributed by atoms with Gasteiger partial charge >= 0.3 is 12.1 Å². The van der Waals surface area contributed by atoms with E-state index in [2.05, 4.69) is 15.4 Å². The maximum absolute atomic E-state index is 14.4. The summed E-state index contributed by atoms with van der Waals surface area (Å²) >= 11 is 0. The van der Waals surface area contributed by atoms with E-state index >= 15 is 0 Å². The molecule has 2 aliphatic carbocycles. The number of fused-ring (bicyclic) bond motifs is 3. The molecule has 1 aromatic carbocycles. The first-order valence-electron chi connectivity index (χ1n) is 17.9. The van der Waals surface area contributed by atoms with Crippen molar-refractivity contribution in [3.63, 3.8) is 0 Å². The molecule has 4 N–H and O–H groups in total. The van der Waals surface area contributed by atoms with Gasteiger partial charge in [-0.15, -0.1) is 0 Å². The summed E-state index contributed by atoms with van der Waals surface area (Å²) in [4.78, 5) is 81.7. The fraction of sp³-hybridized carbons (Fsp3) is 0.600. The Hall–Kier alpha value is -4.54. The molecule has 0 bridgehead atoms. The molecule has 3 aliphatic heterocycles. The number of carbonyl (C=O) groups is 6. The molecule has 0 spiro atoms. The van der Waals surface area contributed by atoms with Crippen molar-refractivity contribution < 1.29 is 51.4 Å². The third-order valence-corrected chi connectivity index (χ3v) is 12.2. The summed E-state index contributed by atoms with van der Waals surface area (Å²) in [6.45, 7) is -0.133. The number of benzene rings is 1. The highest BCUT2D eigenvalue weighted by molar-refractivity contribution is 7.91. The van der Waals surface area contributed by atoms with Gasteiger partial charge in [0.25, 0.3) is 5.91 Å². The van der Waals surface area contributed by atoms with Gasteiger partial charge in [-0.1, -0.05) is 37.1 Å². The summed E-state index contributed by atoms with van der Waals surface area (Å²) < 4.78 is 47.8. The third-order valence-electron chi connectivity index (χ3n) is 10.4. The molecule has 52 heavy (non-hydrogen) atoms. The normalized spacial score (nSPS) is 28.2. The Balaban J connectivity index is 1.23. The highest BCUT2D eigenvalue weighted by atomic mass is 32.2. The average molecular weight is 746 g/mol. The quantitative estimate of drug-likeness (QED) is 0.270. The van der Waals surface area contributed by atoms with Crippen LogP contribution in [0.25, 0.3) is 0 Å². The monoisotopic (exact) mass is 745 g/mol. The maximum atomic E-state index is 14.4. The van der Waals surface area contributed by atoms with Crippen LogP contribution < -0.4 is 15.4 Å². The Morgan fingerprint density at radius 3 is 2.58 bits per heavy atom. The van der Waals surface area contributed by atoms with Crippen LogP contribution >= 0.6 is 0 Å². The zero-order valence-corrected chi connectivity index (χ0v) is 29.5. The number of hydrogen-bond donors (Lipinski definition) is 4. The molecule has 5 atom stereocenters. The Bertz CT molecular complexity index is 1770. The molecule has 2 saturated carbocycles. The van der Waals surface area contributed by atoms with E-state index in [0.29, 0.717) is 43.2 Å². The molecular weight excluding hydrogens is 701 g/mol. The van der Waals surface area contributed by atoms with Crippen molar-refractivity contribution in [3.8, 4) is 0 Å². The smallest absolute Gasteiger partial charge is 0.410 e. The second kappa shape index (κ2) is 15.2. The van der Waals surface area contributed by atoms with Gasteiger partial charge in [0, 0.05) is 37.3 Å². The van der Waals surface area contributed by atoms with Crippen molar-refractivity contribution in [2.75, 3.05) is 6.54 Å². The number of nitrogens with zero attached hydrogens (tertiary/aromatic N) is 2. The predicted molar refractivity (Wildman–Crippen MR) is 181 cm³/mol. The first-order chi connectivity index (χ1) is 24.8. The van der Waals surface area contributed by atoms with E-state index in [1.807, 2.05) is 6.08 Å². The molecule has 5 amide bonds. The second-order valence-corrected chi connectivity index (χ2v) is 16.3. The van der Waals surface area contributed by atoms with Gasteiger partial charge in [-0.2, -0.15) is 0 Å². The van der Waals surface area contributed by atoms with Crippen molar-refractivity contribution in [2.45, 2.75) is 119 Å². The molecule has 1 aromatic rings. The molecule has 3 heterocycles. The summed E-state index contributed by atoms with van der Waals surface area (Å²) in [5.74, 6) is -4.76. The Labute approximate surface area is 300 Å². The summed E-state index contributed by atoms with van der Waals surface area (Å²) in [5.41, 5.74) is -0.578. The van der Waals surface area contributed by atoms with Crippen molar-refractivity contribution in [1.29, 1.82) is 0 Å². The molecule has 0 radical (unpaired) electrons. The lowest BCUT2D eigenvalue weighted by molar-refractivity contribution is -0.142. The summed E-state index contributed by atoms with van der Waals surface area (Å²) in [5, 5.41) is 13.8. The van der Waals surface area contributed by atoms with E-state index < -0.39 is 86.4 Å². The van der Waals surface area contributed by atoms with Gasteiger partial charge in [-0.25, -0.2) is 17.6 Å². The number of halogens is 1. The van der Waals surface area contributed by atoms with Crippen LogP contribution in [0.1, 0.15) is 88.2 Å². The van der Waals surface area contributed by atoms with Gasteiger partial charge in [0.1, 0.15) is 29.5 Å². The number of carboxylic acids is 1. The molecule has 1 saturated heterocycles. The van der Waals surface area contributed by atoms with E-state index in [9.17, 15) is 41.6 Å². The summed E-state index contributed by atoms with van der Waals surface area (Å²) in [6.07, 6.45) is 5.31. The van der Waals surface area contributed by atoms with Crippen LogP contribution in [0.15, 0.2) is 30.4 Å². The van der Waals surface area contributed by atoms with E-state index in [0.717, 1.165) is 6.42 Å². The Morgan fingerprint density at radius 1 is 1.06 bits per heavy atom. The SMILES string of the molecule is O=C(O)CCCC(=O)N[C@H]1CCCCC/C=C\[C@H]2C[C@@]2(C(=O)NS(=O)(=O)C2CC2)NC(=O)[C@@H]2C[C@@H](OC(=O)N3Cc4cccc(F)c4C3)CN2C1=O. The van der Waals surface area contributed by atoms with Crippen LogP contribution in [0, 0.1) is 11.7 Å². The predicted octanol–water partition coefficient (Wildman–Crippen LogP) is 1.99. The number of aliphatic carboxylic acids is 1. The largest absolute Gasteiger partial charge is 0.481 e. The molecule has 0 unspecified atom stereocenters. The van der Waals surface area contributed by atoms with Crippen molar-refractivity contribution in [2.24, 2.45) is 5.92 Å². The van der Waals surface area contributed by atoms with E-state index in [1.165, 1.54) is 15.9 Å². The molecular formula is C35H44FN5O10S. The van der Waals surface area contributed by atoms with Gasteiger partial charge in [0.15, 0.2) is 0 Å². The third kappa shape index (κ3) is 8.40. The van der Waals surface area contributed by atoms with Crippen LogP contribution in [0.5, 0.6) is 0 Å². The minimum atomic E-state index is -3.94. The van der Waals surface area contributed by atoms with Gasteiger partial charge in [-0.05, 0) is 56.6 Å². The first-order valence-corrected chi connectivity index (χ1v) is 19.4. The number of sulfonamides is 1. The van der Waals surface area contributed by atoms with Gasteiger partial charge < -0.3 is 25.4 Å². The van der Waals surface area contributed by atoms with E-state index in [4.69, 9.17) is 9.84 Å². The average Bonchev–Trinajstić information content (AvgIpc) is 3.97. The minimum Gasteiger partial charge on any atom is -0.481 e. The minimum absolute atomic E-state index is 0.0214. The number of allylic oxidation sites excluding steroid dienone is 1. The van der Waals surface area contributed by atoms with Crippen molar-refractivity contribution >= 4 is 45.7 Å². The molecule has 0 aromatic heterocycles. The van der Waals surface area contributed by atoms with Crippen LogP contribution in [0.2, 0.25) is 0 Å². The van der Waals surface area contributed by atoms with Crippen LogP contribution in [0.4, 0.5) is 9.18 Å². The standard InChI is InChI=1S/C35H44FN5O10S/c36-26-10-6-8-21-18-40(20-25(21)26)34(48)51-23-16-28-31(45)38-35(33(47)39-52(49,50)24-14-15-24)17-22(35)9-4-2-1-3-5-11-27(32(46)41(28)19-23)37-29(42)12-7-13-30(43)44/h4,6,8-10,22-24,27-28H,1-3,5,7,11-20H2,(H,37,42)(H,38,45)(H,39,47)(H,43,44)/b9-4-/t22-,23+,27-,28-,35+/m0/s1. The summed E-state index contributed by atoms with van der Waals surface area (Å²) in [7, 11) is -3.94. The number of amides is 5. The lowest BCUT2D eigenvalue weighted by Crippen LogP contribution is -2.58. The van der Waals surface area contributed by atoms with Gasteiger partial charge in [0.2, 0.25) is 27.7 Å². The molecule has 282 valence electrons. The van der Waals surface area contributed by atoms with E-state index in [1.54, 1.807) is 18.2 Å². The Morgan fingerprint density at radius 2 is 1.85 bits per heavy atom. The highest BCUT2D eigenvalue weighted by Crippen LogP contribution is 2.46. The zero-order valence-electron chi connectivity index (χ0n) is 28.7.